The molecule has 4 nitrogen and oxygen atoms in total. The molecule has 0 aliphatic carbocycles. The molecule has 1 aromatic heterocycles. The molecule has 0 unspecified atom stereocenters. The van der Waals surface area contributed by atoms with Gasteiger partial charge in [-0.1, -0.05) is 22.0 Å². The van der Waals surface area contributed by atoms with Crippen molar-refractivity contribution in [1.82, 2.24) is 15.1 Å². The summed E-state index contributed by atoms with van der Waals surface area (Å²) in [5, 5.41) is 11.1. The van der Waals surface area contributed by atoms with Crippen molar-refractivity contribution in [3.63, 3.8) is 0 Å². The van der Waals surface area contributed by atoms with Crippen LogP contribution < -0.4 is 10.6 Å². The molecule has 5 heteroatoms. The second kappa shape index (κ2) is 6.73. The van der Waals surface area contributed by atoms with Gasteiger partial charge in [-0.05, 0) is 31.2 Å². The second-order valence-corrected chi connectivity index (χ2v) is 5.43. The molecule has 0 spiro atoms. The summed E-state index contributed by atoms with van der Waals surface area (Å²) in [5.41, 5.74) is 3.40. The summed E-state index contributed by atoms with van der Waals surface area (Å²) < 4.78 is 3.01. The Labute approximate surface area is 122 Å². The highest BCUT2D eigenvalue weighted by Gasteiger charge is 2.00. The first-order valence-corrected chi connectivity index (χ1v) is 7.14. The van der Waals surface area contributed by atoms with E-state index in [0.29, 0.717) is 0 Å². The van der Waals surface area contributed by atoms with Crippen LogP contribution in [-0.2, 0) is 13.6 Å². The van der Waals surface area contributed by atoms with E-state index in [1.165, 1.54) is 5.69 Å². The largest absolute Gasteiger partial charge is 0.384 e. The third-order valence-corrected chi connectivity index (χ3v) is 3.35. The first kappa shape index (κ1) is 14.1. The smallest absolute Gasteiger partial charge is 0.0597 e. The molecule has 19 heavy (non-hydrogen) atoms. The number of hydrogen-bond acceptors (Lipinski definition) is 3. The molecule has 0 aliphatic rings. The van der Waals surface area contributed by atoms with Crippen LogP contribution in [0, 0.1) is 6.92 Å². The van der Waals surface area contributed by atoms with E-state index in [1.54, 1.807) is 0 Å². The lowest BCUT2D eigenvalue weighted by atomic mass is 10.3. The van der Waals surface area contributed by atoms with Gasteiger partial charge in [-0.25, -0.2) is 0 Å². The van der Waals surface area contributed by atoms with E-state index in [0.717, 1.165) is 35.5 Å². The van der Waals surface area contributed by atoms with Crippen molar-refractivity contribution in [3.05, 3.63) is 46.2 Å². The average molecular weight is 323 g/mol. The summed E-state index contributed by atoms with van der Waals surface area (Å²) in [6, 6.07) is 10.3. The molecule has 2 rings (SSSR count). The van der Waals surface area contributed by atoms with Crippen LogP contribution in [0.25, 0.3) is 0 Å². The van der Waals surface area contributed by atoms with Crippen LogP contribution in [0.5, 0.6) is 0 Å². The predicted molar refractivity (Wildman–Crippen MR) is 82.3 cm³/mol. The summed E-state index contributed by atoms with van der Waals surface area (Å²) in [6.07, 6.45) is 0. The molecule has 0 atom stereocenters. The summed E-state index contributed by atoms with van der Waals surface area (Å²) >= 11 is 3.46. The number of rotatable bonds is 6. The maximum absolute atomic E-state index is 4.32. The second-order valence-electron chi connectivity index (χ2n) is 4.51. The molecule has 0 radical (unpaired) electrons. The van der Waals surface area contributed by atoms with E-state index in [9.17, 15) is 0 Å². The number of nitrogens with one attached hydrogen (secondary N) is 2. The van der Waals surface area contributed by atoms with Gasteiger partial charge >= 0.3 is 0 Å². The molecule has 1 aromatic carbocycles. The van der Waals surface area contributed by atoms with Gasteiger partial charge in [0.15, 0.2) is 0 Å². The maximum atomic E-state index is 4.32. The molecular weight excluding hydrogens is 304 g/mol. The van der Waals surface area contributed by atoms with Crippen molar-refractivity contribution in [2.45, 2.75) is 13.5 Å². The van der Waals surface area contributed by atoms with Crippen molar-refractivity contribution < 1.29 is 0 Å². The lowest BCUT2D eigenvalue weighted by Crippen LogP contribution is -2.22. The number of aromatic nitrogens is 2. The molecule has 1 heterocycles. The average Bonchev–Trinajstić information content (AvgIpc) is 2.68. The Bertz CT molecular complexity index is 536. The van der Waals surface area contributed by atoms with Crippen LogP contribution in [0.15, 0.2) is 34.8 Å². The Balaban J connectivity index is 1.69. The van der Waals surface area contributed by atoms with Crippen molar-refractivity contribution in [1.29, 1.82) is 0 Å². The SMILES string of the molecule is Cc1cc(CNCCNc2cccc(Br)c2)n(C)n1. The summed E-state index contributed by atoms with van der Waals surface area (Å²) in [7, 11) is 1.98. The van der Waals surface area contributed by atoms with Gasteiger partial charge in [-0.2, -0.15) is 5.10 Å². The minimum Gasteiger partial charge on any atom is -0.384 e. The molecule has 2 N–H and O–H groups in total. The Morgan fingerprint density at radius 2 is 2.11 bits per heavy atom. The van der Waals surface area contributed by atoms with Crippen molar-refractivity contribution in [3.8, 4) is 0 Å². The molecule has 0 saturated carbocycles. The first-order chi connectivity index (χ1) is 9.15. The van der Waals surface area contributed by atoms with Crippen LogP contribution in [-0.4, -0.2) is 22.9 Å². The zero-order chi connectivity index (χ0) is 13.7. The van der Waals surface area contributed by atoms with E-state index < -0.39 is 0 Å². The van der Waals surface area contributed by atoms with Crippen molar-refractivity contribution >= 4 is 21.6 Å². The zero-order valence-corrected chi connectivity index (χ0v) is 12.9. The van der Waals surface area contributed by atoms with E-state index in [-0.39, 0.29) is 0 Å². The maximum Gasteiger partial charge on any atom is 0.0597 e. The molecular formula is C14H19BrN4. The summed E-state index contributed by atoms with van der Waals surface area (Å²) in [5.74, 6) is 0. The van der Waals surface area contributed by atoms with E-state index in [4.69, 9.17) is 0 Å². The number of nitrogens with zero attached hydrogens (tertiary/aromatic N) is 2. The highest BCUT2D eigenvalue weighted by Crippen LogP contribution is 2.14. The first-order valence-electron chi connectivity index (χ1n) is 6.35. The van der Waals surface area contributed by atoms with Gasteiger partial charge in [0, 0.05) is 36.8 Å². The predicted octanol–water partition coefficient (Wildman–Crippen LogP) is 2.69. The van der Waals surface area contributed by atoms with Crippen LogP contribution >= 0.6 is 15.9 Å². The van der Waals surface area contributed by atoms with E-state index in [1.807, 2.05) is 30.8 Å². The highest BCUT2D eigenvalue weighted by atomic mass is 79.9. The fourth-order valence-electron chi connectivity index (χ4n) is 1.94. The van der Waals surface area contributed by atoms with Crippen molar-refractivity contribution in [2.75, 3.05) is 18.4 Å². The van der Waals surface area contributed by atoms with Crippen LogP contribution in [0.3, 0.4) is 0 Å². The third-order valence-electron chi connectivity index (χ3n) is 2.86. The van der Waals surface area contributed by atoms with Gasteiger partial charge in [0.05, 0.1) is 11.4 Å². The van der Waals surface area contributed by atoms with Crippen LogP contribution in [0.2, 0.25) is 0 Å². The Morgan fingerprint density at radius 1 is 1.26 bits per heavy atom. The minimum absolute atomic E-state index is 0.845. The van der Waals surface area contributed by atoms with Gasteiger partial charge in [-0.3, -0.25) is 4.68 Å². The zero-order valence-electron chi connectivity index (χ0n) is 11.3. The van der Waals surface area contributed by atoms with Gasteiger partial charge in [0.1, 0.15) is 0 Å². The Hall–Kier alpha value is -1.33. The number of aryl methyl sites for hydroxylation is 2. The van der Waals surface area contributed by atoms with Gasteiger partial charge in [0.2, 0.25) is 0 Å². The van der Waals surface area contributed by atoms with Gasteiger partial charge < -0.3 is 10.6 Å². The standard InChI is InChI=1S/C14H19BrN4/c1-11-8-14(19(2)18-11)10-16-6-7-17-13-5-3-4-12(15)9-13/h3-5,8-9,16-17H,6-7,10H2,1-2H3. The molecule has 0 saturated heterocycles. The molecule has 0 bridgehead atoms. The fraction of sp³-hybridized carbons (Fsp3) is 0.357. The lowest BCUT2D eigenvalue weighted by molar-refractivity contribution is 0.633. The van der Waals surface area contributed by atoms with E-state index in [2.05, 4.69) is 49.9 Å². The topological polar surface area (TPSA) is 41.9 Å². The quantitative estimate of drug-likeness (QED) is 0.803. The molecule has 0 fully saturated rings. The molecule has 2 aromatic rings. The fourth-order valence-corrected chi connectivity index (χ4v) is 2.34. The molecule has 0 amide bonds. The molecule has 0 aliphatic heterocycles. The summed E-state index contributed by atoms with van der Waals surface area (Å²) in [6.45, 7) is 4.67. The molecule has 102 valence electrons. The lowest BCUT2D eigenvalue weighted by Gasteiger charge is -2.08. The number of benzene rings is 1. The number of hydrogen-bond donors (Lipinski definition) is 2. The number of anilines is 1. The number of halogens is 1. The Morgan fingerprint density at radius 3 is 2.79 bits per heavy atom. The Kier molecular flexibility index (Phi) is 4.99. The normalized spacial score (nSPS) is 10.7. The van der Waals surface area contributed by atoms with E-state index >= 15 is 0 Å². The third kappa shape index (κ3) is 4.36. The monoisotopic (exact) mass is 322 g/mol. The highest BCUT2D eigenvalue weighted by molar-refractivity contribution is 9.10. The summed E-state index contributed by atoms with van der Waals surface area (Å²) in [4.78, 5) is 0. The van der Waals surface area contributed by atoms with Crippen LogP contribution in [0.1, 0.15) is 11.4 Å². The van der Waals surface area contributed by atoms with Crippen molar-refractivity contribution in [2.24, 2.45) is 7.05 Å². The van der Waals surface area contributed by atoms with Crippen LogP contribution in [0.4, 0.5) is 5.69 Å². The van der Waals surface area contributed by atoms with Gasteiger partial charge in [0.25, 0.3) is 0 Å². The van der Waals surface area contributed by atoms with Gasteiger partial charge in [-0.15, -0.1) is 0 Å². The minimum atomic E-state index is 0.845.